The number of methoxy groups -OCH3 is 1. The van der Waals surface area contributed by atoms with Crippen LogP contribution in [-0.2, 0) is 17.1 Å². The molecular weight excluding hydrogens is 458 g/mol. The lowest BCUT2D eigenvalue weighted by molar-refractivity contribution is -0.116. The summed E-state index contributed by atoms with van der Waals surface area (Å²) in [6, 6.07) is 20.1. The van der Waals surface area contributed by atoms with Crippen molar-refractivity contribution in [2.24, 2.45) is 0 Å². The first-order valence-electron chi connectivity index (χ1n) is 10.5. The molecule has 8 heteroatoms. The van der Waals surface area contributed by atoms with E-state index in [0.29, 0.717) is 23.5 Å². The molecule has 1 heterocycles. The molecule has 0 saturated heterocycles. The number of carbonyl (C=O) groups is 2. The summed E-state index contributed by atoms with van der Waals surface area (Å²) in [4.78, 5) is 25.2. The molecule has 1 aliphatic rings. The van der Waals surface area contributed by atoms with E-state index in [0.717, 1.165) is 33.3 Å². The number of carbonyl (C=O) groups excluding carboxylic acids is 2. The second-order valence-electron chi connectivity index (χ2n) is 7.59. The van der Waals surface area contributed by atoms with Gasteiger partial charge < -0.3 is 20.7 Å². The Balaban J connectivity index is 1.34. The molecule has 0 radical (unpaired) electrons. The highest BCUT2D eigenvalue weighted by Gasteiger charge is 2.26. The molecule has 33 heavy (non-hydrogen) atoms. The Hall–Kier alpha value is -3.16. The third kappa shape index (κ3) is 5.80. The maximum absolute atomic E-state index is 12.6. The maximum Gasteiger partial charge on any atom is 0.251 e. The number of nitrogens with one attached hydrogen (secondary N) is 3. The fourth-order valence-corrected chi connectivity index (χ4v) is 4.82. The average molecular weight is 482 g/mol. The molecule has 3 N–H and O–H groups in total. The summed E-state index contributed by atoms with van der Waals surface area (Å²) in [6.07, 6.45) is 0. The van der Waals surface area contributed by atoms with Gasteiger partial charge in [0.15, 0.2) is 0 Å². The number of hydrogen-bond acceptors (Lipinski definition) is 5. The predicted molar refractivity (Wildman–Crippen MR) is 134 cm³/mol. The number of ether oxygens (including phenoxy) is 1. The molecule has 0 spiro atoms. The Labute approximate surface area is 202 Å². The molecule has 0 bridgehead atoms. The molecule has 0 saturated carbocycles. The van der Waals surface area contributed by atoms with Crippen LogP contribution in [0.15, 0.2) is 66.7 Å². The smallest absolute Gasteiger partial charge is 0.251 e. The number of halogens is 1. The minimum atomic E-state index is -0.363. The van der Waals surface area contributed by atoms with Crippen LogP contribution in [0.5, 0.6) is 5.75 Å². The molecule has 170 valence electrons. The van der Waals surface area contributed by atoms with Crippen LogP contribution in [0, 0.1) is 0 Å². The van der Waals surface area contributed by atoms with Gasteiger partial charge in [-0.05, 0) is 47.5 Å². The van der Waals surface area contributed by atoms with E-state index in [1.54, 1.807) is 31.0 Å². The fourth-order valence-electron chi connectivity index (χ4n) is 3.47. The number of amides is 2. The summed E-state index contributed by atoms with van der Waals surface area (Å²) in [5.41, 5.74) is 3.85. The van der Waals surface area contributed by atoms with E-state index in [2.05, 4.69) is 16.0 Å². The first-order valence-corrected chi connectivity index (χ1v) is 12.0. The van der Waals surface area contributed by atoms with Crippen LogP contribution >= 0.6 is 23.4 Å². The second-order valence-corrected chi connectivity index (χ2v) is 9.02. The Kier molecular flexibility index (Phi) is 7.42. The molecule has 1 atom stereocenters. The van der Waals surface area contributed by atoms with Crippen molar-refractivity contribution in [1.29, 1.82) is 0 Å². The molecule has 3 aromatic rings. The lowest BCUT2D eigenvalue weighted by Gasteiger charge is -2.27. The van der Waals surface area contributed by atoms with Gasteiger partial charge in [-0.15, -0.1) is 0 Å². The third-order valence-electron chi connectivity index (χ3n) is 5.27. The van der Waals surface area contributed by atoms with Crippen molar-refractivity contribution in [2.75, 3.05) is 23.5 Å². The lowest BCUT2D eigenvalue weighted by atomic mass is 10.1. The minimum absolute atomic E-state index is 0.122. The van der Waals surface area contributed by atoms with Crippen LogP contribution in [-0.4, -0.2) is 30.7 Å². The monoisotopic (exact) mass is 481 g/mol. The molecule has 1 unspecified atom stereocenters. The van der Waals surface area contributed by atoms with Crippen molar-refractivity contribution in [2.45, 2.75) is 18.3 Å². The largest absolute Gasteiger partial charge is 0.497 e. The fraction of sp³-hybridized carbons (Fsp3) is 0.200. The highest BCUT2D eigenvalue weighted by atomic mass is 35.5. The summed E-state index contributed by atoms with van der Waals surface area (Å²) in [5.74, 6) is 1.73. The molecule has 3 aromatic carbocycles. The zero-order chi connectivity index (χ0) is 23.2. The summed E-state index contributed by atoms with van der Waals surface area (Å²) in [6.45, 7) is 0.377. The van der Waals surface area contributed by atoms with Crippen molar-refractivity contribution < 1.29 is 14.3 Å². The van der Waals surface area contributed by atoms with Gasteiger partial charge in [-0.3, -0.25) is 9.59 Å². The Morgan fingerprint density at radius 1 is 1.09 bits per heavy atom. The van der Waals surface area contributed by atoms with Gasteiger partial charge in [-0.2, -0.15) is 11.8 Å². The van der Waals surface area contributed by atoms with E-state index in [4.69, 9.17) is 16.3 Å². The molecular formula is C25H24ClN3O3S. The van der Waals surface area contributed by atoms with E-state index in [9.17, 15) is 9.59 Å². The minimum Gasteiger partial charge on any atom is -0.497 e. The Morgan fingerprint density at radius 3 is 2.76 bits per heavy atom. The van der Waals surface area contributed by atoms with Crippen molar-refractivity contribution in [3.8, 4) is 5.75 Å². The molecule has 0 fully saturated rings. The summed E-state index contributed by atoms with van der Waals surface area (Å²) < 4.78 is 5.21. The van der Waals surface area contributed by atoms with Crippen molar-refractivity contribution in [3.05, 3.63) is 88.4 Å². The van der Waals surface area contributed by atoms with E-state index >= 15 is 0 Å². The first kappa shape index (κ1) is 23.0. The number of hydrogen-bond donors (Lipinski definition) is 3. The van der Waals surface area contributed by atoms with Gasteiger partial charge in [0.25, 0.3) is 5.91 Å². The zero-order valence-electron chi connectivity index (χ0n) is 18.1. The maximum atomic E-state index is 12.6. The quantitative estimate of drug-likeness (QED) is 0.424. The highest BCUT2D eigenvalue weighted by molar-refractivity contribution is 7.98. The number of fused-ring (bicyclic) bond motifs is 1. The van der Waals surface area contributed by atoms with Gasteiger partial charge in [0.05, 0.1) is 18.5 Å². The van der Waals surface area contributed by atoms with Gasteiger partial charge in [0.2, 0.25) is 5.91 Å². The zero-order valence-corrected chi connectivity index (χ0v) is 19.6. The second kappa shape index (κ2) is 10.6. The standard InChI is InChI=1S/C25H24ClN3O3S/c1-32-19-7-4-5-16(11-19)13-27-24(30)17-9-10-21-22(12-17)29-25(31)23(28-21)15-33-14-18-6-2-3-8-20(18)26/h2-12,23,28H,13-15H2,1H3,(H,27,30)(H,29,31). The molecule has 6 nitrogen and oxygen atoms in total. The van der Waals surface area contributed by atoms with Crippen LogP contribution in [0.3, 0.4) is 0 Å². The van der Waals surface area contributed by atoms with Crippen LogP contribution in [0.25, 0.3) is 0 Å². The van der Waals surface area contributed by atoms with Crippen molar-refractivity contribution in [1.82, 2.24) is 5.32 Å². The van der Waals surface area contributed by atoms with Crippen LogP contribution in [0.1, 0.15) is 21.5 Å². The first-order chi connectivity index (χ1) is 16.0. The number of rotatable bonds is 8. The predicted octanol–water partition coefficient (Wildman–Crippen LogP) is 4.94. The van der Waals surface area contributed by atoms with Crippen LogP contribution in [0.4, 0.5) is 11.4 Å². The molecule has 0 aliphatic carbocycles. The van der Waals surface area contributed by atoms with Crippen LogP contribution < -0.4 is 20.7 Å². The molecule has 4 rings (SSSR count). The van der Waals surface area contributed by atoms with Gasteiger partial charge in [0.1, 0.15) is 11.8 Å². The topological polar surface area (TPSA) is 79.5 Å². The molecule has 1 aliphatic heterocycles. The summed E-state index contributed by atoms with van der Waals surface area (Å²) >= 11 is 7.85. The average Bonchev–Trinajstić information content (AvgIpc) is 2.83. The van der Waals surface area contributed by atoms with E-state index in [1.165, 1.54) is 0 Å². The normalized spacial score (nSPS) is 14.6. The van der Waals surface area contributed by atoms with E-state index in [1.807, 2.05) is 54.6 Å². The third-order valence-corrected chi connectivity index (χ3v) is 6.73. The molecule has 0 aromatic heterocycles. The van der Waals surface area contributed by atoms with Gasteiger partial charge in [-0.25, -0.2) is 0 Å². The summed E-state index contributed by atoms with van der Waals surface area (Å²) in [5, 5.41) is 9.82. The Morgan fingerprint density at radius 2 is 1.94 bits per heavy atom. The Bertz CT molecular complexity index is 1170. The van der Waals surface area contributed by atoms with Crippen LogP contribution in [0.2, 0.25) is 5.02 Å². The summed E-state index contributed by atoms with van der Waals surface area (Å²) in [7, 11) is 1.61. The van der Waals surface area contributed by atoms with Gasteiger partial charge >= 0.3 is 0 Å². The van der Waals surface area contributed by atoms with Gasteiger partial charge in [0, 0.05) is 28.6 Å². The SMILES string of the molecule is COc1cccc(CNC(=O)c2ccc3c(c2)NC(=O)C(CSCc2ccccc2Cl)N3)c1. The number of anilines is 2. The molecule has 2 amide bonds. The number of benzene rings is 3. The van der Waals surface area contributed by atoms with Gasteiger partial charge in [-0.1, -0.05) is 41.9 Å². The van der Waals surface area contributed by atoms with Crippen molar-refractivity contribution >= 4 is 46.6 Å². The lowest BCUT2D eigenvalue weighted by Crippen LogP contribution is -2.40. The van der Waals surface area contributed by atoms with E-state index < -0.39 is 0 Å². The van der Waals surface area contributed by atoms with E-state index in [-0.39, 0.29) is 17.9 Å². The number of thioether (sulfide) groups is 1. The highest BCUT2D eigenvalue weighted by Crippen LogP contribution is 2.30. The van der Waals surface area contributed by atoms with Crippen molar-refractivity contribution in [3.63, 3.8) is 0 Å².